The van der Waals surface area contributed by atoms with Crippen molar-refractivity contribution in [3.8, 4) is 0 Å². The van der Waals surface area contributed by atoms with Crippen LogP contribution in [0, 0.1) is 5.41 Å². The highest BCUT2D eigenvalue weighted by atomic mass is 15.2. The van der Waals surface area contributed by atoms with Crippen molar-refractivity contribution in [1.29, 1.82) is 0 Å². The fraction of sp³-hybridized carbons (Fsp3) is 0.600. The molecule has 3 aliphatic heterocycles. The van der Waals surface area contributed by atoms with Gasteiger partial charge in [0, 0.05) is 36.1 Å². The number of dihydropyridines is 1. The van der Waals surface area contributed by atoms with Gasteiger partial charge < -0.3 is 9.80 Å². The van der Waals surface area contributed by atoms with Crippen molar-refractivity contribution in [2.75, 3.05) is 33.7 Å². The fourth-order valence-corrected chi connectivity index (χ4v) is 4.69. The van der Waals surface area contributed by atoms with Crippen LogP contribution in [0.25, 0.3) is 0 Å². The summed E-state index contributed by atoms with van der Waals surface area (Å²) in [4.78, 5) is 13.5. The highest BCUT2D eigenvalue weighted by Gasteiger charge is 2.49. The second-order valence-electron chi connectivity index (χ2n) is 7.26. The molecule has 4 rings (SSSR count). The predicted molar refractivity (Wildman–Crippen MR) is 100 cm³/mol. The van der Waals surface area contributed by atoms with E-state index in [0.717, 1.165) is 6.54 Å². The molecule has 2 atom stereocenters. The van der Waals surface area contributed by atoms with Gasteiger partial charge in [0.25, 0.3) is 0 Å². The van der Waals surface area contributed by atoms with Gasteiger partial charge in [0.2, 0.25) is 0 Å². The van der Waals surface area contributed by atoms with Crippen LogP contribution in [0.15, 0.2) is 47.7 Å². The zero-order valence-corrected chi connectivity index (χ0v) is 15.0. The van der Waals surface area contributed by atoms with Gasteiger partial charge >= 0.3 is 0 Å². The highest BCUT2D eigenvalue weighted by Crippen LogP contribution is 2.43. The lowest BCUT2D eigenvalue weighted by Gasteiger charge is -2.46. The van der Waals surface area contributed by atoms with Crippen LogP contribution in [0.2, 0.25) is 0 Å². The van der Waals surface area contributed by atoms with Crippen molar-refractivity contribution in [3.63, 3.8) is 0 Å². The lowest BCUT2D eigenvalue weighted by atomic mass is 9.70. The minimum atomic E-state index is 0.255. The SMILES string of the molecule is CN1CCC[C@H]1C1([C@@H]2CCCN2C)C=CC=NC1.c1ccncc1. The quantitative estimate of drug-likeness (QED) is 0.837. The maximum Gasteiger partial charge on any atom is 0.0510 e. The molecule has 3 aliphatic rings. The van der Waals surface area contributed by atoms with Crippen LogP contribution in [0.3, 0.4) is 0 Å². The zero-order chi connectivity index (χ0) is 16.8. The number of likely N-dealkylation sites (tertiary alicyclic amines) is 2. The normalized spacial score (nSPS) is 29.4. The second kappa shape index (κ2) is 8.04. The highest BCUT2D eigenvalue weighted by molar-refractivity contribution is 5.72. The van der Waals surface area contributed by atoms with E-state index in [1.165, 1.54) is 38.8 Å². The van der Waals surface area contributed by atoms with Gasteiger partial charge in [-0.05, 0) is 71.1 Å². The summed E-state index contributed by atoms with van der Waals surface area (Å²) in [5.74, 6) is 0. The minimum absolute atomic E-state index is 0.255. The molecular weight excluding hydrogens is 296 g/mol. The molecule has 4 nitrogen and oxygen atoms in total. The fourth-order valence-electron chi connectivity index (χ4n) is 4.69. The summed E-state index contributed by atoms with van der Waals surface area (Å²) in [5, 5.41) is 0. The molecule has 0 aliphatic carbocycles. The molecule has 0 radical (unpaired) electrons. The third-order valence-electron chi connectivity index (χ3n) is 5.81. The summed E-state index contributed by atoms with van der Waals surface area (Å²) in [5.41, 5.74) is 0.255. The van der Waals surface area contributed by atoms with Gasteiger partial charge in [-0.2, -0.15) is 0 Å². The van der Waals surface area contributed by atoms with Gasteiger partial charge in [0.15, 0.2) is 0 Å². The Hall–Kier alpha value is -1.52. The van der Waals surface area contributed by atoms with E-state index in [-0.39, 0.29) is 5.41 Å². The molecule has 0 saturated carbocycles. The van der Waals surface area contributed by atoms with E-state index in [0.29, 0.717) is 12.1 Å². The van der Waals surface area contributed by atoms with E-state index in [4.69, 9.17) is 0 Å². The Morgan fingerprint density at radius 3 is 1.88 bits per heavy atom. The van der Waals surface area contributed by atoms with E-state index >= 15 is 0 Å². The smallest absolute Gasteiger partial charge is 0.0510 e. The molecule has 24 heavy (non-hydrogen) atoms. The monoisotopic (exact) mass is 326 g/mol. The Morgan fingerprint density at radius 1 is 0.917 bits per heavy atom. The van der Waals surface area contributed by atoms with Crippen LogP contribution in [0.4, 0.5) is 0 Å². The minimum Gasteiger partial charge on any atom is -0.302 e. The van der Waals surface area contributed by atoms with Crippen molar-refractivity contribution < 1.29 is 0 Å². The third-order valence-corrected chi connectivity index (χ3v) is 5.81. The molecule has 0 N–H and O–H groups in total. The summed E-state index contributed by atoms with van der Waals surface area (Å²) in [6.07, 6.45) is 15.5. The second-order valence-corrected chi connectivity index (χ2v) is 7.26. The topological polar surface area (TPSA) is 31.7 Å². The summed E-state index contributed by atoms with van der Waals surface area (Å²) in [6.45, 7) is 3.48. The number of rotatable bonds is 2. The maximum atomic E-state index is 4.62. The van der Waals surface area contributed by atoms with Gasteiger partial charge in [-0.15, -0.1) is 0 Å². The van der Waals surface area contributed by atoms with E-state index in [9.17, 15) is 0 Å². The largest absolute Gasteiger partial charge is 0.302 e. The molecule has 0 spiro atoms. The zero-order valence-electron chi connectivity index (χ0n) is 15.0. The summed E-state index contributed by atoms with van der Waals surface area (Å²) in [7, 11) is 4.58. The van der Waals surface area contributed by atoms with E-state index < -0.39 is 0 Å². The van der Waals surface area contributed by atoms with Crippen LogP contribution in [-0.2, 0) is 0 Å². The molecule has 1 aromatic rings. The lowest BCUT2D eigenvalue weighted by Crippen LogP contribution is -2.55. The molecule has 0 unspecified atom stereocenters. The first kappa shape index (κ1) is 17.3. The van der Waals surface area contributed by atoms with Crippen molar-refractivity contribution in [3.05, 3.63) is 42.7 Å². The molecule has 4 heteroatoms. The number of hydrogen-bond acceptors (Lipinski definition) is 4. The number of hydrogen-bond donors (Lipinski definition) is 0. The Kier molecular flexibility index (Phi) is 5.80. The standard InChI is InChI=1S/C15H25N3.C5H5N/c1-17-10-3-6-13(17)15(8-5-9-16-12-15)14-7-4-11-18(14)2;1-2-4-6-5-3-1/h5,8-9,13-14H,3-4,6-7,10-12H2,1-2H3;1-5H/t13-,14-;/m0./s1. The summed E-state index contributed by atoms with van der Waals surface area (Å²) in [6, 6.07) is 7.07. The Morgan fingerprint density at radius 2 is 1.54 bits per heavy atom. The van der Waals surface area contributed by atoms with Crippen LogP contribution < -0.4 is 0 Å². The van der Waals surface area contributed by atoms with Crippen LogP contribution >= 0.6 is 0 Å². The van der Waals surface area contributed by atoms with Crippen LogP contribution in [0.1, 0.15) is 25.7 Å². The summed E-state index contributed by atoms with van der Waals surface area (Å²) < 4.78 is 0. The first-order chi connectivity index (χ1) is 11.7. The van der Waals surface area contributed by atoms with Crippen molar-refractivity contribution in [1.82, 2.24) is 14.8 Å². The number of allylic oxidation sites excluding steroid dienone is 1. The van der Waals surface area contributed by atoms with Gasteiger partial charge in [0.05, 0.1) is 6.54 Å². The molecule has 4 heterocycles. The van der Waals surface area contributed by atoms with E-state index in [1.807, 2.05) is 24.4 Å². The number of aliphatic imine (C=N–C) groups is 1. The maximum absolute atomic E-state index is 4.62. The number of pyridine rings is 1. The third kappa shape index (κ3) is 3.60. The molecule has 2 saturated heterocycles. The first-order valence-corrected chi connectivity index (χ1v) is 9.17. The van der Waals surface area contributed by atoms with Crippen molar-refractivity contribution in [2.24, 2.45) is 10.4 Å². The molecule has 130 valence electrons. The van der Waals surface area contributed by atoms with Gasteiger partial charge in [-0.1, -0.05) is 12.1 Å². The van der Waals surface area contributed by atoms with Gasteiger partial charge in [0.1, 0.15) is 0 Å². The molecular formula is C20H30N4. The Balaban J connectivity index is 0.000000238. The lowest BCUT2D eigenvalue weighted by molar-refractivity contribution is 0.0795. The van der Waals surface area contributed by atoms with Gasteiger partial charge in [-0.3, -0.25) is 9.98 Å². The van der Waals surface area contributed by atoms with Crippen LogP contribution in [-0.4, -0.2) is 66.8 Å². The molecule has 0 aromatic carbocycles. The molecule has 0 bridgehead atoms. The average Bonchev–Trinajstić information content (AvgIpc) is 3.26. The Bertz CT molecular complexity index is 507. The number of aromatic nitrogens is 1. The molecule has 0 amide bonds. The van der Waals surface area contributed by atoms with E-state index in [1.54, 1.807) is 12.4 Å². The molecule has 2 fully saturated rings. The van der Waals surface area contributed by atoms with Crippen molar-refractivity contribution in [2.45, 2.75) is 37.8 Å². The summed E-state index contributed by atoms with van der Waals surface area (Å²) >= 11 is 0. The van der Waals surface area contributed by atoms with Crippen molar-refractivity contribution >= 4 is 6.21 Å². The average molecular weight is 326 g/mol. The van der Waals surface area contributed by atoms with E-state index in [2.05, 4.69) is 46.0 Å². The predicted octanol–water partition coefficient (Wildman–Crippen LogP) is 2.88. The first-order valence-electron chi connectivity index (χ1n) is 9.17. The Labute approximate surface area is 146 Å². The number of nitrogens with zero attached hydrogens (tertiary/aromatic N) is 4. The van der Waals surface area contributed by atoms with Gasteiger partial charge in [-0.25, -0.2) is 0 Å². The van der Waals surface area contributed by atoms with Crippen LogP contribution in [0.5, 0.6) is 0 Å². The molecule has 1 aromatic heterocycles.